The first kappa shape index (κ1) is 17.6. The molecule has 0 saturated heterocycles. The van der Waals surface area contributed by atoms with E-state index >= 15 is 0 Å². The zero-order valence-electron chi connectivity index (χ0n) is 15.6. The number of aryl methyl sites for hydroxylation is 1. The van der Waals surface area contributed by atoms with Gasteiger partial charge in [0.2, 0.25) is 5.95 Å². The number of hydrogen-bond donors (Lipinski definition) is 3. The summed E-state index contributed by atoms with van der Waals surface area (Å²) in [6.07, 6.45) is 6.58. The first-order chi connectivity index (χ1) is 13.0. The molecule has 1 saturated carbocycles. The molecular formula is C20H24N6O. The monoisotopic (exact) mass is 364 g/mol. The third-order valence-electron chi connectivity index (χ3n) is 5.05. The van der Waals surface area contributed by atoms with Crippen molar-refractivity contribution in [2.24, 2.45) is 0 Å². The Kier molecular flexibility index (Phi) is 4.61. The lowest BCUT2D eigenvalue weighted by molar-refractivity contribution is 0.0196. The summed E-state index contributed by atoms with van der Waals surface area (Å²) < 4.78 is 0. The molecule has 2 heterocycles. The molecule has 0 radical (unpaired) electrons. The van der Waals surface area contributed by atoms with Gasteiger partial charge in [-0.15, -0.1) is 0 Å². The van der Waals surface area contributed by atoms with Gasteiger partial charge < -0.3 is 15.7 Å². The molecule has 1 fully saturated rings. The molecule has 1 aliphatic rings. The minimum atomic E-state index is -0.554. The summed E-state index contributed by atoms with van der Waals surface area (Å²) in [4.78, 5) is 17.7. The number of rotatable bonds is 4. The van der Waals surface area contributed by atoms with Gasteiger partial charge in [-0.05, 0) is 57.2 Å². The molecule has 27 heavy (non-hydrogen) atoms. The van der Waals surface area contributed by atoms with Crippen molar-refractivity contribution in [3.8, 4) is 0 Å². The van der Waals surface area contributed by atoms with Gasteiger partial charge in [0.05, 0.1) is 11.8 Å². The van der Waals surface area contributed by atoms with E-state index in [-0.39, 0.29) is 6.04 Å². The highest BCUT2D eigenvalue weighted by atomic mass is 16.3. The number of nitrogens with zero attached hydrogens (tertiary/aromatic N) is 4. The van der Waals surface area contributed by atoms with Crippen LogP contribution in [0.2, 0.25) is 0 Å². The standard InChI is InChI=1S/C20H24N6O/c1-13-4-3-5-15(10-13)24-18-17-16(22-12-23-18)11-21-19(26-17)25-14-6-8-20(2,27)9-7-14/h3-5,10-12,14,27H,6-9H2,1-2H3,(H,21,25,26)(H,22,23,24)/t14-,20+. The molecule has 1 aromatic carbocycles. The third-order valence-corrected chi connectivity index (χ3v) is 5.05. The number of anilines is 3. The lowest BCUT2D eigenvalue weighted by Gasteiger charge is -2.33. The third kappa shape index (κ3) is 4.14. The zero-order chi connectivity index (χ0) is 18.9. The second-order valence-corrected chi connectivity index (χ2v) is 7.56. The Bertz CT molecular complexity index is 948. The highest BCUT2D eigenvalue weighted by Gasteiger charge is 2.28. The van der Waals surface area contributed by atoms with Crippen molar-refractivity contribution >= 4 is 28.5 Å². The topological polar surface area (TPSA) is 95.9 Å². The molecule has 1 aliphatic carbocycles. The maximum atomic E-state index is 10.1. The van der Waals surface area contributed by atoms with Crippen molar-refractivity contribution in [3.63, 3.8) is 0 Å². The van der Waals surface area contributed by atoms with Gasteiger partial charge in [-0.3, -0.25) is 0 Å². The molecule has 2 aromatic heterocycles. The molecule has 7 heteroatoms. The molecule has 3 N–H and O–H groups in total. The summed E-state index contributed by atoms with van der Waals surface area (Å²) in [6, 6.07) is 8.37. The summed E-state index contributed by atoms with van der Waals surface area (Å²) in [7, 11) is 0. The highest BCUT2D eigenvalue weighted by molar-refractivity contribution is 5.87. The van der Waals surface area contributed by atoms with Crippen LogP contribution in [0.25, 0.3) is 11.0 Å². The van der Waals surface area contributed by atoms with Gasteiger partial charge in [-0.1, -0.05) is 12.1 Å². The molecular weight excluding hydrogens is 340 g/mol. The minimum Gasteiger partial charge on any atom is -0.390 e. The molecule has 7 nitrogen and oxygen atoms in total. The van der Waals surface area contributed by atoms with Crippen LogP contribution in [0.1, 0.15) is 38.2 Å². The smallest absolute Gasteiger partial charge is 0.223 e. The summed E-state index contributed by atoms with van der Waals surface area (Å²) in [5.74, 6) is 1.22. The average Bonchev–Trinajstić information content (AvgIpc) is 2.64. The van der Waals surface area contributed by atoms with Crippen LogP contribution in [-0.4, -0.2) is 36.7 Å². The van der Waals surface area contributed by atoms with Gasteiger partial charge >= 0.3 is 0 Å². The zero-order valence-corrected chi connectivity index (χ0v) is 15.6. The number of fused-ring (bicyclic) bond motifs is 1. The molecule has 0 spiro atoms. The summed E-state index contributed by atoms with van der Waals surface area (Å²) in [5.41, 5.74) is 2.94. The van der Waals surface area contributed by atoms with Gasteiger partial charge in [0.25, 0.3) is 0 Å². The maximum absolute atomic E-state index is 10.1. The highest BCUT2D eigenvalue weighted by Crippen LogP contribution is 2.29. The first-order valence-electron chi connectivity index (χ1n) is 9.29. The van der Waals surface area contributed by atoms with Gasteiger partial charge in [0.1, 0.15) is 17.4 Å². The quantitative estimate of drug-likeness (QED) is 0.651. The van der Waals surface area contributed by atoms with E-state index in [4.69, 9.17) is 0 Å². The van der Waals surface area contributed by atoms with Crippen LogP contribution in [0.3, 0.4) is 0 Å². The molecule has 0 amide bonds. The molecule has 0 atom stereocenters. The fourth-order valence-corrected chi connectivity index (χ4v) is 3.44. The number of hydrogen-bond acceptors (Lipinski definition) is 7. The van der Waals surface area contributed by atoms with E-state index in [0.717, 1.165) is 31.4 Å². The number of nitrogens with one attached hydrogen (secondary N) is 2. The molecule has 3 aromatic rings. The Labute approximate surface area is 158 Å². The van der Waals surface area contributed by atoms with E-state index in [1.807, 2.05) is 19.1 Å². The SMILES string of the molecule is Cc1cccc(Nc2ncnc3cnc(N[C@H]4CC[C@@](C)(O)CC4)nc23)c1. The number of aliphatic hydroxyl groups is 1. The van der Waals surface area contributed by atoms with Crippen molar-refractivity contribution in [1.82, 2.24) is 19.9 Å². The van der Waals surface area contributed by atoms with Crippen LogP contribution in [0.4, 0.5) is 17.5 Å². The van der Waals surface area contributed by atoms with Gasteiger partial charge in [-0.2, -0.15) is 0 Å². The van der Waals surface area contributed by atoms with Crippen molar-refractivity contribution in [1.29, 1.82) is 0 Å². The maximum Gasteiger partial charge on any atom is 0.223 e. The predicted octanol–water partition coefficient (Wildman–Crippen LogP) is 3.58. The van der Waals surface area contributed by atoms with Crippen LogP contribution in [0, 0.1) is 6.92 Å². The Hall–Kier alpha value is -2.80. The fourth-order valence-electron chi connectivity index (χ4n) is 3.44. The molecule has 0 aliphatic heterocycles. The van der Waals surface area contributed by atoms with E-state index in [1.165, 1.54) is 11.9 Å². The number of benzene rings is 1. The molecule has 140 valence electrons. The molecule has 0 unspecified atom stereocenters. The van der Waals surface area contributed by atoms with Crippen LogP contribution in [0.15, 0.2) is 36.8 Å². The van der Waals surface area contributed by atoms with Gasteiger partial charge in [0, 0.05) is 11.7 Å². The van der Waals surface area contributed by atoms with Crippen LogP contribution >= 0.6 is 0 Å². The Morgan fingerprint density at radius 3 is 2.74 bits per heavy atom. The second-order valence-electron chi connectivity index (χ2n) is 7.56. The molecule has 4 rings (SSSR count). The lowest BCUT2D eigenvalue weighted by atomic mass is 9.84. The summed E-state index contributed by atoms with van der Waals surface area (Å²) in [6.45, 7) is 3.95. The van der Waals surface area contributed by atoms with E-state index in [1.54, 1.807) is 6.20 Å². The van der Waals surface area contributed by atoms with E-state index < -0.39 is 5.60 Å². The van der Waals surface area contributed by atoms with Crippen LogP contribution in [-0.2, 0) is 0 Å². The normalized spacial score (nSPS) is 22.6. The Morgan fingerprint density at radius 1 is 1.15 bits per heavy atom. The van der Waals surface area contributed by atoms with E-state index in [0.29, 0.717) is 22.8 Å². The average molecular weight is 364 g/mol. The van der Waals surface area contributed by atoms with Gasteiger partial charge in [-0.25, -0.2) is 19.9 Å². The number of aromatic nitrogens is 4. The van der Waals surface area contributed by atoms with Crippen LogP contribution in [0.5, 0.6) is 0 Å². The van der Waals surface area contributed by atoms with Crippen molar-refractivity contribution in [2.75, 3.05) is 10.6 Å². The van der Waals surface area contributed by atoms with E-state index in [9.17, 15) is 5.11 Å². The summed E-state index contributed by atoms with van der Waals surface area (Å²) in [5, 5.41) is 16.8. The lowest BCUT2D eigenvalue weighted by Crippen LogP contribution is -2.36. The van der Waals surface area contributed by atoms with Crippen molar-refractivity contribution < 1.29 is 5.11 Å². The predicted molar refractivity (Wildman–Crippen MR) is 106 cm³/mol. The van der Waals surface area contributed by atoms with Gasteiger partial charge in [0.15, 0.2) is 5.82 Å². The van der Waals surface area contributed by atoms with Crippen molar-refractivity contribution in [3.05, 3.63) is 42.4 Å². The summed E-state index contributed by atoms with van der Waals surface area (Å²) >= 11 is 0. The Balaban J connectivity index is 1.57. The van der Waals surface area contributed by atoms with E-state index in [2.05, 4.69) is 49.6 Å². The largest absolute Gasteiger partial charge is 0.390 e. The minimum absolute atomic E-state index is 0.264. The van der Waals surface area contributed by atoms with Crippen LogP contribution < -0.4 is 10.6 Å². The fraction of sp³-hybridized carbons (Fsp3) is 0.400. The Morgan fingerprint density at radius 2 is 1.96 bits per heavy atom. The second kappa shape index (κ2) is 7.08. The van der Waals surface area contributed by atoms with Crippen molar-refractivity contribution in [2.45, 2.75) is 51.2 Å². The molecule has 0 bridgehead atoms. The first-order valence-corrected chi connectivity index (χ1v) is 9.29.